The SMILES string of the molecule is COc1cccc(COC(C)C(=O)NCc2ccc(C(=O)O)cc2)c1. The van der Waals surface area contributed by atoms with E-state index in [2.05, 4.69) is 5.32 Å². The van der Waals surface area contributed by atoms with Gasteiger partial charge in [-0.1, -0.05) is 24.3 Å². The fraction of sp³-hybridized carbons (Fsp3) is 0.263. The first-order valence-electron chi connectivity index (χ1n) is 7.84. The van der Waals surface area contributed by atoms with Gasteiger partial charge in [0.25, 0.3) is 0 Å². The van der Waals surface area contributed by atoms with Crippen LogP contribution < -0.4 is 10.1 Å². The number of rotatable bonds is 8. The zero-order valence-corrected chi connectivity index (χ0v) is 14.2. The summed E-state index contributed by atoms with van der Waals surface area (Å²) in [6.07, 6.45) is -0.607. The Bertz CT molecular complexity index is 727. The molecule has 132 valence electrons. The van der Waals surface area contributed by atoms with E-state index in [0.717, 1.165) is 16.9 Å². The molecular formula is C19H21NO5. The van der Waals surface area contributed by atoms with Gasteiger partial charge in [-0.05, 0) is 42.3 Å². The minimum atomic E-state index is -0.977. The topological polar surface area (TPSA) is 84.9 Å². The molecule has 0 heterocycles. The minimum absolute atomic E-state index is 0.213. The van der Waals surface area contributed by atoms with Gasteiger partial charge in [-0.15, -0.1) is 0 Å². The van der Waals surface area contributed by atoms with E-state index in [-0.39, 0.29) is 11.5 Å². The Kier molecular flexibility index (Phi) is 6.54. The summed E-state index contributed by atoms with van der Waals surface area (Å²) in [6.45, 7) is 2.30. The Labute approximate surface area is 146 Å². The third kappa shape index (κ3) is 5.61. The van der Waals surface area contributed by atoms with Crippen LogP contribution in [0.4, 0.5) is 0 Å². The molecule has 2 aromatic rings. The Balaban J connectivity index is 1.80. The second-order valence-electron chi connectivity index (χ2n) is 5.52. The van der Waals surface area contributed by atoms with Gasteiger partial charge in [0.2, 0.25) is 5.91 Å². The number of nitrogens with one attached hydrogen (secondary N) is 1. The van der Waals surface area contributed by atoms with Crippen molar-refractivity contribution in [3.05, 3.63) is 65.2 Å². The molecule has 6 nitrogen and oxygen atoms in total. The molecule has 0 aliphatic rings. The number of carbonyl (C=O) groups is 2. The third-order valence-electron chi connectivity index (χ3n) is 3.67. The molecule has 1 unspecified atom stereocenters. The lowest BCUT2D eigenvalue weighted by Crippen LogP contribution is -2.34. The summed E-state index contributed by atoms with van der Waals surface area (Å²) in [5.41, 5.74) is 1.95. The maximum Gasteiger partial charge on any atom is 0.335 e. The number of carboxylic acid groups (broad SMARTS) is 1. The lowest BCUT2D eigenvalue weighted by Gasteiger charge is -2.14. The maximum atomic E-state index is 12.1. The van der Waals surface area contributed by atoms with Gasteiger partial charge in [0.15, 0.2) is 0 Å². The van der Waals surface area contributed by atoms with E-state index in [1.54, 1.807) is 26.2 Å². The largest absolute Gasteiger partial charge is 0.497 e. The second kappa shape index (κ2) is 8.84. The Morgan fingerprint density at radius 1 is 1.12 bits per heavy atom. The summed E-state index contributed by atoms with van der Waals surface area (Å²) in [6, 6.07) is 13.8. The number of carbonyl (C=O) groups excluding carboxylic acids is 1. The zero-order chi connectivity index (χ0) is 18.2. The van der Waals surface area contributed by atoms with E-state index >= 15 is 0 Å². The van der Waals surface area contributed by atoms with Crippen molar-refractivity contribution in [1.29, 1.82) is 0 Å². The lowest BCUT2D eigenvalue weighted by atomic mass is 10.1. The molecule has 0 spiro atoms. The summed E-state index contributed by atoms with van der Waals surface area (Å²) in [4.78, 5) is 22.9. The van der Waals surface area contributed by atoms with E-state index in [1.807, 2.05) is 24.3 Å². The third-order valence-corrected chi connectivity index (χ3v) is 3.67. The lowest BCUT2D eigenvalue weighted by molar-refractivity contribution is -0.132. The molecule has 0 radical (unpaired) electrons. The summed E-state index contributed by atoms with van der Waals surface area (Å²) >= 11 is 0. The molecule has 0 aromatic heterocycles. The highest BCUT2D eigenvalue weighted by Crippen LogP contribution is 2.14. The average Bonchev–Trinajstić information content (AvgIpc) is 2.64. The van der Waals surface area contributed by atoms with Crippen LogP contribution in [-0.4, -0.2) is 30.2 Å². The summed E-state index contributed by atoms with van der Waals surface area (Å²) in [5, 5.41) is 11.6. The van der Waals surface area contributed by atoms with Crippen molar-refractivity contribution in [2.24, 2.45) is 0 Å². The van der Waals surface area contributed by atoms with Crippen LogP contribution in [0.25, 0.3) is 0 Å². The van der Waals surface area contributed by atoms with Crippen molar-refractivity contribution in [2.45, 2.75) is 26.2 Å². The fourth-order valence-corrected chi connectivity index (χ4v) is 2.16. The number of amides is 1. The number of ether oxygens (including phenoxy) is 2. The molecule has 0 aliphatic carbocycles. The first kappa shape index (κ1) is 18.5. The molecule has 1 atom stereocenters. The van der Waals surface area contributed by atoms with Crippen LogP contribution in [0.3, 0.4) is 0 Å². The number of benzene rings is 2. The van der Waals surface area contributed by atoms with Crippen molar-refractivity contribution in [3.63, 3.8) is 0 Å². The van der Waals surface area contributed by atoms with Crippen molar-refractivity contribution in [2.75, 3.05) is 7.11 Å². The van der Waals surface area contributed by atoms with Gasteiger partial charge in [-0.2, -0.15) is 0 Å². The normalized spacial score (nSPS) is 11.6. The van der Waals surface area contributed by atoms with Crippen molar-refractivity contribution < 1.29 is 24.2 Å². The number of carboxylic acids is 1. The van der Waals surface area contributed by atoms with Crippen molar-refractivity contribution in [3.8, 4) is 5.75 Å². The molecule has 2 aromatic carbocycles. The summed E-state index contributed by atoms with van der Waals surface area (Å²) < 4.78 is 10.7. The highest BCUT2D eigenvalue weighted by molar-refractivity contribution is 5.87. The van der Waals surface area contributed by atoms with E-state index < -0.39 is 12.1 Å². The zero-order valence-electron chi connectivity index (χ0n) is 14.2. The Morgan fingerprint density at radius 2 is 1.84 bits per heavy atom. The fourth-order valence-electron chi connectivity index (χ4n) is 2.16. The van der Waals surface area contributed by atoms with E-state index in [0.29, 0.717) is 13.2 Å². The van der Waals surface area contributed by atoms with Crippen LogP contribution in [0.1, 0.15) is 28.4 Å². The van der Waals surface area contributed by atoms with E-state index in [9.17, 15) is 9.59 Å². The van der Waals surface area contributed by atoms with Crippen LogP contribution in [0.2, 0.25) is 0 Å². The van der Waals surface area contributed by atoms with Crippen LogP contribution in [0.15, 0.2) is 48.5 Å². The van der Waals surface area contributed by atoms with Gasteiger partial charge in [0.1, 0.15) is 11.9 Å². The summed E-state index contributed by atoms with van der Waals surface area (Å²) in [7, 11) is 1.60. The molecule has 2 N–H and O–H groups in total. The van der Waals surface area contributed by atoms with Gasteiger partial charge in [0, 0.05) is 6.54 Å². The summed E-state index contributed by atoms with van der Waals surface area (Å²) in [5.74, 6) is -0.469. The van der Waals surface area contributed by atoms with Crippen LogP contribution >= 0.6 is 0 Å². The number of methoxy groups -OCH3 is 1. The highest BCUT2D eigenvalue weighted by Gasteiger charge is 2.13. The van der Waals surface area contributed by atoms with Crippen molar-refractivity contribution >= 4 is 11.9 Å². The molecule has 1 amide bonds. The molecule has 2 rings (SSSR count). The van der Waals surface area contributed by atoms with Crippen LogP contribution in [0.5, 0.6) is 5.75 Å². The predicted molar refractivity (Wildman–Crippen MR) is 92.5 cm³/mol. The van der Waals surface area contributed by atoms with Crippen molar-refractivity contribution in [1.82, 2.24) is 5.32 Å². The molecular weight excluding hydrogens is 322 g/mol. The molecule has 0 fully saturated rings. The van der Waals surface area contributed by atoms with E-state index in [1.165, 1.54) is 12.1 Å². The van der Waals surface area contributed by atoms with Gasteiger partial charge < -0.3 is 19.9 Å². The maximum absolute atomic E-state index is 12.1. The van der Waals surface area contributed by atoms with Gasteiger partial charge in [0.05, 0.1) is 19.3 Å². The number of hydrogen-bond donors (Lipinski definition) is 2. The van der Waals surface area contributed by atoms with Gasteiger partial charge in [-0.25, -0.2) is 4.79 Å². The van der Waals surface area contributed by atoms with Crippen LogP contribution in [0, 0.1) is 0 Å². The van der Waals surface area contributed by atoms with Gasteiger partial charge >= 0.3 is 5.97 Å². The second-order valence-corrected chi connectivity index (χ2v) is 5.52. The quantitative estimate of drug-likeness (QED) is 0.770. The molecule has 0 saturated carbocycles. The average molecular weight is 343 g/mol. The number of hydrogen-bond acceptors (Lipinski definition) is 4. The first-order chi connectivity index (χ1) is 12.0. The molecule has 0 aliphatic heterocycles. The molecule has 0 saturated heterocycles. The standard InChI is InChI=1S/C19H21NO5/c1-13(25-12-15-4-3-5-17(10-15)24-2)18(21)20-11-14-6-8-16(9-7-14)19(22)23/h3-10,13H,11-12H2,1-2H3,(H,20,21)(H,22,23). The Morgan fingerprint density at radius 3 is 2.48 bits per heavy atom. The van der Waals surface area contributed by atoms with Gasteiger partial charge in [-0.3, -0.25) is 4.79 Å². The molecule has 25 heavy (non-hydrogen) atoms. The first-order valence-corrected chi connectivity index (χ1v) is 7.84. The van der Waals surface area contributed by atoms with E-state index in [4.69, 9.17) is 14.6 Å². The smallest absolute Gasteiger partial charge is 0.335 e. The Hall–Kier alpha value is -2.86. The highest BCUT2D eigenvalue weighted by atomic mass is 16.5. The predicted octanol–water partition coefficient (Wildman–Crippen LogP) is 2.61. The minimum Gasteiger partial charge on any atom is -0.497 e. The number of aromatic carboxylic acids is 1. The monoisotopic (exact) mass is 343 g/mol. The molecule has 0 bridgehead atoms. The van der Waals surface area contributed by atoms with Crippen LogP contribution in [-0.2, 0) is 22.7 Å². The molecule has 6 heteroatoms.